The number of ether oxygens (including phenoxy) is 2. The first-order chi connectivity index (χ1) is 9.62. The van der Waals surface area contributed by atoms with Crippen LogP contribution in [0.1, 0.15) is 25.5 Å². The summed E-state index contributed by atoms with van der Waals surface area (Å²) in [5.41, 5.74) is 7.79. The van der Waals surface area contributed by atoms with Gasteiger partial charge in [-0.3, -0.25) is 10.5 Å². The van der Waals surface area contributed by atoms with Crippen molar-refractivity contribution in [1.82, 2.24) is 4.98 Å². The van der Waals surface area contributed by atoms with Gasteiger partial charge in [-0.2, -0.15) is 0 Å². The summed E-state index contributed by atoms with van der Waals surface area (Å²) in [4.78, 5) is 14.4. The molecule has 1 heterocycles. The zero-order chi connectivity index (χ0) is 14.5. The van der Waals surface area contributed by atoms with Gasteiger partial charge in [-0.15, -0.1) is 0 Å². The molecule has 0 spiro atoms. The third kappa shape index (κ3) is 3.51. The Morgan fingerprint density at radius 1 is 1.40 bits per heavy atom. The first-order valence-corrected chi connectivity index (χ1v) is 6.73. The number of H-pyrrole nitrogens is 1. The van der Waals surface area contributed by atoms with Crippen molar-refractivity contribution in [3.63, 3.8) is 0 Å². The van der Waals surface area contributed by atoms with E-state index < -0.39 is 0 Å². The Balaban J connectivity index is 2.11. The summed E-state index contributed by atoms with van der Waals surface area (Å²) >= 11 is 0. The van der Waals surface area contributed by atoms with Crippen LogP contribution in [0.25, 0.3) is 10.9 Å². The van der Waals surface area contributed by atoms with Crippen LogP contribution in [0, 0.1) is 0 Å². The number of nitrogens with one attached hydrogen (secondary N) is 1. The molecule has 0 fully saturated rings. The second-order valence-electron chi connectivity index (χ2n) is 4.68. The lowest BCUT2D eigenvalue weighted by Gasteiger charge is -2.11. The van der Waals surface area contributed by atoms with E-state index in [0.29, 0.717) is 12.8 Å². The van der Waals surface area contributed by atoms with E-state index in [-0.39, 0.29) is 12.2 Å². The Labute approximate surface area is 118 Å². The normalized spacial score (nSPS) is 12.3. The standard InChI is InChI=1S/C15H20N2O3/c1-3-14(16)20-12-5-6-13-10(9-12)8-11(17-13)4-7-15(18)19-2/h5-6,8-9,14,17H,3-4,7,16H2,1-2H3. The van der Waals surface area contributed by atoms with Gasteiger partial charge < -0.3 is 14.5 Å². The van der Waals surface area contributed by atoms with Crippen molar-refractivity contribution in [1.29, 1.82) is 0 Å². The second-order valence-corrected chi connectivity index (χ2v) is 4.68. The highest BCUT2D eigenvalue weighted by Crippen LogP contribution is 2.23. The van der Waals surface area contributed by atoms with E-state index in [2.05, 4.69) is 9.72 Å². The summed E-state index contributed by atoms with van der Waals surface area (Å²) in [6.07, 6.45) is 1.47. The van der Waals surface area contributed by atoms with E-state index in [1.54, 1.807) is 0 Å². The number of aromatic nitrogens is 1. The van der Waals surface area contributed by atoms with Gasteiger partial charge in [0.15, 0.2) is 0 Å². The highest BCUT2D eigenvalue weighted by Gasteiger charge is 2.07. The molecule has 1 unspecified atom stereocenters. The lowest BCUT2D eigenvalue weighted by molar-refractivity contribution is -0.140. The molecule has 5 heteroatoms. The first kappa shape index (κ1) is 14.4. The maximum absolute atomic E-state index is 11.1. The van der Waals surface area contributed by atoms with Crippen molar-refractivity contribution < 1.29 is 14.3 Å². The molecular weight excluding hydrogens is 256 g/mol. The molecule has 2 aromatic rings. The number of methoxy groups -OCH3 is 1. The van der Waals surface area contributed by atoms with Gasteiger partial charge in [0, 0.05) is 16.6 Å². The average Bonchev–Trinajstić information content (AvgIpc) is 2.86. The third-order valence-corrected chi connectivity index (χ3v) is 3.16. The van der Waals surface area contributed by atoms with Gasteiger partial charge in [-0.1, -0.05) is 6.92 Å². The molecule has 1 aromatic heterocycles. The number of rotatable bonds is 6. The number of nitrogens with two attached hydrogens (primary N) is 1. The van der Waals surface area contributed by atoms with E-state index in [9.17, 15) is 4.79 Å². The number of carbonyl (C=O) groups excluding carboxylic acids is 1. The number of benzene rings is 1. The van der Waals surface area contributed by atoms with Crippen LogP contribution in [0.15, 0.2) is 24.3 Å². The van der Waals surface area contributed by atoms with E-state index >= 15 is 0 Å². The van der Waals surface area contributed by atoms with Crippen LogP contribution in [-0.4, -0.2) is 24.3 Å². The Morgan fingerprint density at radius 2 is 2.20 bits per heavy atom. The zero-order valence-corrected chi connectivity index (χ0v) is 11.8. The Bertz CT molecular complexity index is 592. The van der Waals surface area contributed by atoms with Gasteiger partial charge in [-0.25, -0.2) is 0 Å². The summed E-state index contributed by atoms with van der Waals surface area (Å²) < 4.78 is 10.2. The van der Waals surface area contributed by atoms with E-state index in [4.69, 9.17) is 10.5 Å². The summed E-state index contributed by atoms with van der Waals surface area (Å²) in [6, 6.07) is 7.80. The Hall–Kier alpha value is -2.01. The lowest BCUT2D eigenvalue weighted by Crippen LogP contribution is -2.25. The number of fused-ring (bicyclic) bond motifs is 1. The number of hydrogen-bond acceptors (Lipinski definition) is 4. The Kier molecular flexibility index (Phi) is 4.63. The molecule has 2 rings (SSSR count). The van der Waals surface area contributed by atoms with Crippen LogP contribution < -0.4 is 10.5 Å². The smallest absolute Gasteiger partial charge is 0.305 e. The minimum absolute atomic E-state index is 0.207. The molecule has 108 valence electrons. The van der Waals surface area contributed by atoms with Crippen LogP contribution >= 0.6 is 0 Å². The highest BCUT2D eigenvalue weighted by molar-refractivity contribution is 5.82. The third-order valence-electron chi connectivity index (χ3n) is 3.16. The summed E-state index contributed by atoms with van der Waals surface area (Å²) in [5, 5.41) is 1.05. The van der Waals surface area contributed by atoms with E-state index in [1.807, 2.05) is 31.2 Å². The molecule has 0 saturated carbocycles. The fourth-order valence-electron chi connectivity index (χ4n) is 1.98. The predicted molar refractivity (Wildman–Crippen MR) is 77.5 cm³/mol. The van der Waals surface area contributed by atoms with Gasteiger partial charge in [0.05, 0.1) is 13.5 Å². The van der Waals surface area contributed by atoms with Crippen molar-refractivity contribution in [2.75, 3.05) is 7.11 Å². The molecular formula is C15H20N2O3. The van der Waals surface area contributed by atoms with Gasteiger partial charge >= 0.3 is 5.97 Å². The molecule has 0 bridgehead atoms. The van der Waals surface area contributed by atoms with Crippen LogP contribution in [0.5, 0.6) is 5.75 Å². The first-order valence-electron chi connectivity index (χ1n) is 6.73. The molecule has 0 saturated heterocycles. The minimum Gasteiger partial charge on any atom is -0.476 e. The second kappa shape index (κ2) is 6.43. The molecule has 1 aromatic carbocycles. The highest BCUT2D eigenvalue weighted by atomic mass is 16.5. The van der Waals surface area contributed by atoms with Crippen molar-refractivity contribution in [3.05, 3.63) is 30.0 Å². The fraction of sp³-hybridized carbons (Fsp3) is 0.400. The monoisotopic (exact) mass is 276 g/mol. The zero-order valence-electron chi connectivity index (χ0n) is 11.8. The number of esters is 1. The summed E-state index contributed by atoms with van der Waals surface area (Å²) in [5.74, 6) is 0.548. The summed E-state index contributed by atoms with van der Waals surface area (Å²) in [6.45, 7) is 1.98. The molecule has 0 aliphatic carbocycles. The SMILES string of the molecule is CCC(N)Oc1ccc2[nH]c(CCC(=O)OC)cc2c1. The Morgan fingerprint density at radius 3 is 2.90 bits per heavy atom. The van der Waals surface area contributed by atoms with E-state index in [1.165, 1.54) is 7.11 Å². The number of aromatic amines is 1. The molecule has 0 radical (unpaired) electrons. The minimum atomic E-state index is -0.287. The van der Waals surface area contributed by atoms with Gasteiger partial charge in [-0.05, 0) is 37.1 Å². The lowest BCUT2D eigenvalue weighted by atomic mass is 10.2. The summed E-state index contributed by atoms with van der Waals surface area (Å²) in [7, 11) is 1.40. The molecule has 1 atom stereocenters. The van der Waals surface area contributed by atoms with Crippen LogP contribution in [0.4, 0.5) is 0 Å². The molecule has 20 heavy (non-hydrogen) atoms. The van der Waals surface area contributed by atoms with Crippen molar-refractivity contribution in [2.24, 2.45) is 5.73 Å². The topological polar surface area (TPSA) is 77.3 Å². The van der Waals surface area contributed by atoms with Crippen molar-refractivity contribution >= 4 is 16.9 Å². The molecule has 0 amide bonds. The number of hydrogen-bond donors (Lipinski definition) is 2. The van der Waals surface area contributed by atoms with Crippen LogP contribution in [-0.2, 0) is 16.0 Å². The number of carbonyl (C=O) groups is 1. The van der Waals surface area contributed by atoms with Crippen LogP contribution in [0.3, 0.4) is 0 Å². The largest absolute Gasteiger partial charge is 0.476 e. The number of aryl methyl sites for hydroxylation is 1. The van der Waals surface area contributed by atoms with Gasteiger partial charge in [0.2, 0.25) is 0 Å². The van der Waals surface area contributed by atoms with Gasteiger partial charge in [0.25, 0.3) is 0 Å². The van der Waals surface area contributed by atoms with Crippen molar-refractivity contribution in [2.45, 2.75) is 32.4 Å². The predicted octanol–water partition coefficient (Wildman–Crippen LogP) is 2.35. The quantitative estimate of drug-likeness (QED) is 0.627. The molecule has 0 aliphatic rings. The van der Waals surface area contributed by atoms with E-state index in [0.717, 1.165) is 28.8 Å². The fourth-order valence-corrected chi connectivity index (χ4v) is 1.98. The van der Waals surface area contributed by atoms with Crippen molar-refractivity contribution in [3.8, 4) is 5.75 Å². The molecule has 3 N–H and O–H groups in total. The maximum atomic E-state index is 11.1. The average molecular weight is 276 g/mol. The maximum Gasteiger partial charge on any atom is 0.305 e. The van der Waals surface area contributed by atoms with Gasteiger partial charge in [0.1, 0.15) is 12.0 Å². The van der Waals surface area contributed by atoms with Crippen LogP contribution in [0.2, 0.25) is 0 Å². The molecule has 0 aliphatic heterocycles. The molecule has 5 nitrogen and oxygen atoms in total.